The second-order valence-corrected chi connectivity index (χ2v) is 10.7. The molecule has 0 unspecified atom stereocenters. The first-order chi connectivity index (χ1) is 17.9. The molecule has 198 valence electrons. The molecule has 1 aliphatic rings. The van der Waals surface area contributed by atoms with E-state index in [-0.39, 0.29) is 18.3 Å². The molecule has 0 spiro atoms. The number of fused-ring (bicyclic) bond motifs is 1. The number of likely N-dealkylation sites (tertiary alicyclic amines) is 1. The van der Waals surface area contributed by atoms with Gasteiger partial charge in [0.15, 0.2) is 0 Å². The normalized spacial score (nSPS) is 19.1. The van der Waals surface area contributed by atoms with Crippen molar-refractivity contribution in [1.29, 1.82) is 0 Å². The van der Waals surface area contributed by atoms with Gasteiger partial charge in [-0.3, -0.25) is 9.78 Å². The average molecular weight is 530 g/mol. The van der Waals surface area contributed by atoms with E-state index < -0.39 is 18.1 Å². The number of nitrogens with zero attached hydrogens (tertiary/aromatic N) is 3. The van der Waals surface area contributed by atoms with Crippen LogP contribution >= 0.6 is 11.8 Å². The lowest BCUT2D eigenvalue weighted by molar-refractivity contribution is -0.139. The van der Waals surface area contributed by atoms with Crippen LogP contribution in [0.2, 0.25) is 0 Å². The number of carbonyl (C=O) groups is 1. The van der Waals surface area contributed by atoms with Gasteiger partial charge in [-0.15, -0.1) is 11.8 Å². The van der Waals surface area contributed by atoms with E-state index in [1.54, 1.807) is 31.5 Å². The fraction of sp³-hybridized carbons (Fsp3) is 0.464. The molecular weight excluding hydrogens is 496 g/mol. The zero-order valence-electron chi connectivity index (χ0n) is 21.0. The van der Waals surface area contributed by atoms with Crippen LogP contribution in [0.1, 0.15) is 43.8 Å². The Morgan fingerprint density at radius 2 is 2.14 bits per heavy atom. The number of methoxy groups -OCH3 is 1. The van der Waals surface area contributed by atoms with Crippen LogP contribution in [0.3, 0.4) is 0 Å². The number of carboxylic acids is 1. The maximum Gasteiger partial charge on any atom is 0.303 e. The molecule has 37 heavy (non-hydrogen) atoms. The highest BCUT2D eigenvalue weighted by atomic mass is 32.2. The number of hydrogen-bond acceptors (Lipinski definition) is 6. The van der Waals surface area contributed by atoms with Crippen LogP contribution in [-0.2, 0) is 4.79 Å². The predicted molar refractivity (Wildman–Crippen MR) is 141 cm³/mol. The molecule has 0 radical (unpaired) electrons. The maximum absolute atomic E-state index is 15.5. The number of piperidine rings is 1. The first-order valence-electron chi connectivity index (χ1n) is 12.7. The molecular formula is C28H33F2N3O3S. The first-order valence-corrected chi connectivity index (χ1v) is 13.7. The summed E-state index contributed by atoms with van der Waals surface area (Å²) in [5.74, 6) is 0.344. The second-order valence-electron chi connectivity index (χ2n) is 9.54. The highest BCUT2D eigenvalue weighted by Gasteiger charge is 2.31. The van der Waals surface area contributed by atoms with Gasteiger partial charge in [-0.05, 0) is 92.6 Å². The average Bonchev–Trinajstić information content (AvgIpc) is 2.89. The van der Waals surface area contributed by atoms with Crippen LogP contribution in [-0.4, -0.2) is 58.4 Å². The van der Waals surface area contributed by atoms with Crippen molar-refractivity contribution in [2.75, 3.05) is 32.5 Å². The number of hydrogen-bond donors (Lipinski definition) is 1. The Balaban J connectivity index is 1.31. The van der Waals surface area contributed by atoms with Crippen LogP contribution in [0.4, 0.5) is 8.78 Å². The Kier molecular flexibility index (Phi) is 9.68. The molecule has 1 N–H and O–H groups in total. The number of benzene rings is 1. The number of rotatable bonds is 12. The maximum atomic E-state index is 15.5. The van der Waals surface area contributed by atoms with E-state index in [9.17, 15) is 14.3 Å². The topological polar surface area (TPSA) is 75.5 Å². The number of pyridine rings is 2. The number of carboxylic acid groups (broad SMARTS) is 1. The SMILES string of the molecule is COc1ccc2nccc([C@@H](F)CC[C@@H]3CCN(CCCSc4cccc(F)n4)C[C@@H]3CC(=O)O)c2c1. The van der Waals surface area contributed by atoms with Gasteiger partial charge in [0.25, 0.3) is 0 Å². The van der Waals surface area contributed by atoms with E-state index >= 15 is 4.39 Å². The largest absolute Gasteiger partial charge is 0.497 e. The molecule has 1 saturated heterocycles. The lowest BCUT2D eigenvalue weighted by atomic mass is 9.79. The van der Waals surface area contributed by atoms with Crippen LogP contribution < -0.4 is 4.74 Å². The third kappa shape index (κ3) is 7.61. The summed E-state index contributed by atoms with van der Waals surface area (Å²) in [6.07, 6.45) is 3.30. The molecule has 0 amide bonds. The van der Waals surface area contributed by atoms with Gasteiger partial charge in [0.1, 0.15) is 11.9 Å². The summed E-state index contributed by atoms with van der Waals surface area (Å²) in [6.45, 7) is 2.42. The van der Waals surface area contributed by atoms with E-state index in [1.165, 1.54) is 17.8 Å². The van der Waals surface area contributed by atoms with Gasteiger partial charge in [-0.1, -0.05) is 6.07 Å². The number of halogens is 2. The molecule has 1 fully saturated rings. The number of ether oxygens (including phenoxy) is 1. The van der Waals surface area contributed by atoms with E-state index in [0.29, 0.717) is 35.7 Å². The minimum atomic E-state index is -1.16. The Morgan fingerprint density at radius 3 is 2.92 bits per heavy atom. The Bertz CT molecular complexity index is 1200. The zero-order valence-corrected chi connectivity index (χ0v) is 21.8. The van der Waals surface area contributed by atoms with Gasteiger partial charge in [0, 0.05) is 30.3 Å². The Morgan fingerprint density at radius 1 is 1.27 bits per heavy atom. The molecule has 0 aliphatic carbocycles. The monoisotopic (exact) mass is 529 g/mol. The van der Waals surface area contributed by atoms with Gasteiger partial charge in [-0.2, -0.15) is 4.39 Å². The quantitative estimate of drug-likeness (QED) is 0.171. The molecule has 3 atom stereocenters. The lowest BCUT2D eigenvalue weighted by Gasteiger charge is -2.38. The van der Waals surface area contributed by atoms with Crippen molar-refractivity contribution in [2.45, 2.75) is 43.3 Å². The molecule has 1 aromatic carbocycles. The van der Waals surface area contributed by atoms with Crippen LogP contribution in [0.15, 0.2) is 53.7 Å². The lowest BCUT2D eigenvalue weighted by Crippen LogP contribution is -2.42. The predicted octanol–water partition coefficient (Wildman–Crippen LogP) is 6.16. The fourth-order valence-electron chi connectivity index (χ4n) is 5.19. The minimum absolute atomic E-state index is 0.00901. The molecule has 1 aliphatic heterocycles. The van der Waals surface area contributed by atoms with Gasteiger partial charge in [0.2, 0.25) is 5.95 Å². The third-order valence-corrected chi connectivity index (χ3v) is 8.10. The summed E-state index contributed by atoms with van der Waals surface area (Å²) in [5, 5.41) is 10.9. The summed E-state index contributed by atoms with van der Waals surface area (Å²) in [4.78, 5) is 22.1. The zero-order chi connectivity index (χ0) is 26.2. The number of alkyl halides is 1. The molecule has 0 bridgehead atoms. The second kappa shape index (κ2) is 13.1. The van der Waals surface area contributed by atoms with Crippen molar-refractivity contribution in [2.24, 2.45) is 11.8 Å². The smallest absolute Gasteiger partial charge is 0.303 e. The van der Waals surface area contributed by atoms with Crippen molar-refractivity contribution in [3.05, 3.63) is 60.2 Å². The Labute approximate surface area is 220 Å². The molecule has 3 heterocycles. The van der Waals surface area contributed by atoms with Crippen molar-refractivity contribution in [1.82, 2.24) is 14.9 Å². The van der Waals surface area contributed by atoms with Crippen LogP contribution in [0.5, 0.6) is 5.75 Å². The molecule has 9 heteroatoms. The molecule has 0 saturated carbocycles. The first kappa shape index (κ1) is 27.3. The summed E-state index contributed by atoms with van der Waals surface area (Å²) in [5.41, 5.74) is 1.32. The van der Waals surface area contributed by atoms with Gasteiger partial charge in [0.05, 0.1) is 17.7 Å². The van der Waals surface area contributed by atoms with E-state index in [4.69, 9.17) is 4.74 Å². The molecule has 2 aromatic heterocycles. The number of aromatic nitrogens is 2. The van der Waals surface area contributed by atoms with E-state index in [1.807, 2.05) is 18.2 Å². The van der Waals surface area contributed by atoms with Crippen molar-refractivity contribution >= 4 is 28.6 Å². The molecule has 6 nitrogen and oxygen atoms in total. The van der Waals surface area contributed by atoms with Gasteiger partial charge in [-0.25, -0.2) is 9.37 Å². The van der Waals surface area contributed by atoms with Crippen molar-refractivity contribution in [3.8, 4) is 5.75 Å². The van der Waals surface area contributed by atoms with Crippen LogP contribution in [0.25, 0.3) is 10.9 Å². The Hall–Kier alpha value is -2.78. The highest BCUT2D eigenvalue weighted by molar-refractivity contribution is 7.99. The van der Waals surface area contributed by atoms with E-state index in [2.05, 4.69) is 14.9 Å². The van der Waals surface area contributed by atoms with Crippen molar-refractivity contribution < 1.29 is 23.4 Å². The summed E-state index contributed by atoms with van der Waals surface area (Å²) in [7, 11) is 1.58. The van der Waals surface area contributed by atoms with Gasteiger partial charge < -0.3 is 14.7 Å². The molecule has 4 rings (SSSR count). The summed E-state index contributed by atoms with van der Waals surface area (Å²) in [6, 6.07) is 12.0. The summed E-state index contributed by atoms with van der Waals surface area (Å²) < 4.78 is 34.0. The number of thioether (sulfide) groups is 1. The summed E-state index contributed by atoms with van der Waals surface area (Å²) >= 11 is 1.52. The standard InChI is InChI=1S/C28H33F2N3O3S/c1-36-21-7-9-25-23(17-21)22(10-12-31-25)24(29)8-6-19-11-14-33(18-20(19)16-28(34)35)13-3-15-37-27-5-2-4-26(30)32-27/h2,4-5,7,9-10,12,17,19-20,24H,3,6,8,11,13-16,18H2,1H3,(H,34,35)/t19-,20+,24+/m1/s1. The van der Waals surface area contributed by atoms with E-state index in [0.717, 1.165) is 42.6 Å². The van der Waals surface area contributed by atoms with Gasteiger partial charge >= 0.3 is 5.97 Å². The fourth-order valence-corrected chi connectivity index (χ4v) is 6.00. The highest BCUT2D eigenvalue weighted by Crippen LogP contribution is 2.36. The van der Waals surface area contributed by atoms with Crippen LogP contribution in [0, 0.1) is 17.8 Å². The third-order valence-electron chi connectivity index (χ3n) is 7.08. The number of aliphatic carboxylic acids is 1. The minimum Gasteiger partial charge on any atom is -0.497 e. The van der Waals surface area contributed by atoms with Crippen molar-refractivity contribution in [3.63, 3.8) is 0 Å². The molecule has 3 aromatic rings.